The lowest BCUT2D eigenvalue weighted by atomic mass is 10.1. The van der Waals surface area contributed by atoms with Crippen LogP contribution in [0, 0.1) is 0 Å². The van der Waals surface area contributed by atoms with Gasteiger partial charge in [-0.3, -0.25) is 4.79 Å². The van der Waals surface area contributed by atoms with Crippen molar-refractivity contribution < 1.29 is 4.79 Å². The smallest absolute Gasteiger partial charge is 0.244 e. The van der Waals surface area contributed by atoms with Crippen LogP contribution in [0.3, 0.4) is 0 Å². The Morgan fingerprint density at radius 3 is 2.48 bits per heavy atom. The maximum Gasteiger partial charge on any atom is 0.244 e. The van der Waals surface area contributed by atoms with Gasteiger partial charge in [0.15, 0.2) is 0 Å². The lowest BCUT2D eigenvalue weighted by molar-refractivity contribution is -0.120. The molecule has 4 heteroatoms. The van der Waals surface area contributed by atoms with E-state index in [-0.39, 0.29) is 5.91 Å². The monoisotopic (exact) mass is 300 g/mol. The minimum atomic E-state index is -0.131. The first-order valence-corrected chi connectivity index (χ1v) is 7.20. The van der Waals surface area contributed by atoms with E-state index >= 15 is 0 Å². The maximum atomic E-state index is 11.7. The molecule has 0 aliphatic heterocycles. The Balaban J connectivity index is 1.69. The summed E-state index contributed by atoms with van der Waals surface area (Å²) in [6.07, 6.45) is 3.74. The van der Waals surface area contributed by atoms with E-state index in [4.69, 9.17) is 11.6 Å². The van der Waals surface area contributed by atoms with E-state index in [1.807, 2.05) is 30.3 Å². The van der Waals surface area contributed by atoms with Crippen LogP contribution in [0.25, 0.3) is 0 Å². The minimum Gasteiger partial charge on any atom is -0.273 e. The van der Waals surface area contributed by atoms with Crippen LogP contribution in [0.5, 0.6) is 0 Å². The molecule has 0 saturated heterocycles. The van der Waals surface area contributed by atoms with Gasteiger partial charge in [0.25, 0.3) is 0 Å². The molecule has 0 aliphatic carbocycles. The van der Waals surface area contributed by atoms with Crippen molar-refractivity contribution in [1.29, 1.82) is 0 Å². The van der Waals surface area contributed by atoms with Crippen LogP contribution >= 0.6 is 11.6 Å². The van der Waals surface area contributed by atoms with Crippen LogP contribution in [-0.2, 0) is 17.6 Å². The van der Waals surface area contributed by atoms with Crippen LogP contribution in [0.2, 0.25) is 5.02 Å². The van der Waals surface area contributed by atoms with E-state index < -0.39 is 0 Å². The molecule has 21 heavy (non-hydrogen) atoms. The number of carbonyl (C=O) groups is 1. The summed E-state index contributed by atoms with van der Waals surface area (Å²) < 4.78 is 0. The zero-order valence-corrected chi connectivity index (χ0v) is 12.4. The predicted octanol–water partition coefficient (Wildman–Crippen LogP) is 3.62. The molecule has 0 unspecified atom stereocenters. The summed E-state index contributed by atoms with van der Waals surface area (Å²) in [5, 5.41) is 4.61. The lowest BCUT2D eigenvalue weighted by Gasteiger charge is -2.01. The Labute approximate surface area is 129 Å². The van der Waals surface area contributed by atoms with E-state index in [9.17, 15) is 4.79 Å². The van der Waals surface area contributed by atoms with Gasteiger partial charge in [-0.15, -0.1) is 0 Å². The van der Waals surface area contributed by atoms with Crippen molar-refractivity contribution in [3.05, 3.63) is 70.7 Å². The van der Waals surface area contributed by atoms with Crippen LogP contribution in [-0.4, -0.2) is 12.1 Å². The second kappa shape index (κ2) is 8.22. The topological polar surface area (TPSA) is 41.5 Å². The third-order valence-corrected chi connectivity index (χ3v) is 3.22. The van der Waals surface area contributed by atoms with E-state index in [0.29, 0.717) is 11.4 Å². The van der Waals surface area contributed by atoms with Gasteiger partial charge in [-0.05, 0) is 36.1 Å². The fourth-order valence-electron chi connectivity index (χ4n) is 1.89. The molecule has 2 aromatic rings. The standard InChI is InChI=1S/C17H17ClN2O/c18-16-10-8-15(9-11-16)13-17(21)20-19-12-4-7-14-5-2-1-3-6-14/h1-3,5-6,8-12H,4,7,13H2,(H,20,21). The molecule has 0 atom stereocenters. The third-order valence-electron chi connectivity index (χ3n) is 2.96. The van der Waals surface area contributed by atoms with Crippen LogP contribution in [0.1, 0.15) is 17.5 Å². The molecule has 0 aromatic heterocycles. The Morgan fingerprint density at radius 1 is 1.05 bits per heavy atom. The van der Waals surface area contributed by atoms with Crippen molar-refractivity contribution in [1.82, 2.24) is 5.43 Å². The number of amides is 1. The molecule has 1 amide bonds. The highest BCUT2D eigenvalue weighted by Crippen LogP contribution is 2.09. The van der Waals surface area contributed by atoms with Gasteiger partial charge in [-0.1, -0.05) is 54.1 Å². The number of nitrogens with zero attached hydrogens (tertiary/aromatic N) is 1. The van der Waals surface area contributed by atoms with Gasteiger partial charge >= 0.3 is 0 Å². The number of hydrogen-bond acceptors (Lipinski definition) is 2. The van der Waals surface area contributed by atoms with Crippen molar-refractivity contribution in [2.24, 2.45) is 5.10 Å². The van der Waals surface area contributed by atoms with Crippen molar-refractivity contribution in [3.63, 3.8) is 0 Å². The lowest BCUT2D eigenvalue weighted by Crippen LogP contribution is -2.19. The zero-order chi connectivity index (χ0) is 14.9. The number of benzene rings is 2. The molecule has 1 N–H and O–H groups in total. The Kier molecular flexibility index (Phi) is 5.98. The van der Waals surface area contributed by atoms with Crippen molar-refractivity contribution in [3.8, 4) is 0 Å². The van der Waals surface area contributed by atoms with Gasteiger partial charge in [-0.25, -0.2) is 5.43 Å². The number of hydrazone groups is 1. The number of aryl methyl sites for hydroxylation is 1. The maximum absolute atomic E-state index is 11.7. The van der Waals surface area contributed by atoms with Gasteiger partial charge in [0, 0.05) is 11.2 Å². The largest absolute Gasteiger partial charge is 0.273 e. The molecule has 108 valence electrons. The van der Waals surface area contributed by atoms with Crippen molar-refractivity contribution >= 4 is 23.7 Å². The van der Waals surface area contributed by atoms with Crippen molar-refractivity contribution in [2.45, 2.75) is 19.3 Å². The number of hydrogen-bond donors (Lipinski definition) is 1. The highest BCUT2D eigenvalue weighted by molar-refractivity contribution is 6.30. The fraction of sp³-hybridized carbons (Fsp3) is 0.176. The van der Waals surface area contributed by atoms with E-state index in [1.54, 1.807) is 18.3 Å². The first-order chi connectivity index (χ1) is 10.2. The van der Waals surface area contributed by atoms with Crippen LogP contribution in [0.15, 0.2) is 59.7 Å². The molecule has 2 rings (SSSR count). The van der Waals surface area contributed by atoms with Gasteiger partial charge in [0.1, 0.15) is 0 Å². The molecule has 0 heterocycles. The molecule has 3 nitrogen and oxygen atoms in total. The number of rotatable bonds is 6. The third kappa shape index (κ3) is 5.79. The van der Waals surface area contributed by atoms with Gasteiger partial charge in [0.05, 0.1) is 6.42 Å². The highest BCUT2D eigenvalue weighted by atomic mass is 35.5. The van der Waals surface area contributed by atoms with E-state index in [2.05, 4.69) is 22.7 Å². The van der Waals surface area contributed by atoms with Crippen LogP contribution in [0.4, 0.5) is 0 Å². The van der Waals surface area contributed by atoms with Gasteiger partial charge < -0.3 is 0 Å². The Bertz CT molecular complexity index is 594. The molecule has 0 aliphatic rings. The zero-order valence-electron chi connectivity index (χ0n) is 11.6. The highest BCUT2D eigenvalue weighted by Gasteiger charge is 2.01. The number of carbonyl (C=O) groups excluding carboxylic acids is 1. The summed E-state index contributed by atoms with van der Waals surface area (Å²) in [6.45, 7) is 0. The number of nitrogens with one attached hydrogen (secondary N) is 1. The Hall–Kier alpha value is -2.13. The molecule has 0 spiro atoms. The molecular formula is C17H17ClN2O. The first kappa shape index (κ1) is 15.3. The summed E-state index contributed by atoms with van der Waals surface area (Å²) in [6, 6.07) is 17.4. The number of halogens is 1. The fourth-order valence-corrected chi connectivity index (χ4v) is 2.01. The summed E-state index contributed by atoms with van der Waals surface area (Å²) in [4.78, 5) is 11.7. The van der Waals surface area contributed by atoms with Gasteiger partial charge in [0.2, 0.25) is 5.91 Å². The first-order valence-electron chi connectivity index (χ1n) is 6.83. The van der Waals surface area contributed by atoms with E-state index in [1.165, 1.54) is 5.56 Å². The molecule has 0 radical (unpaired) electrons. The Morgan fingerprint density at radius 2 is 1.76 bits per heavy atom. The van der Waals surface area contributed by atoms with E-state index in [0.717, 1.165) is 18.4 Å². The summed E-state index contributed by atoms with van der Waals surface area (Å²) in [7, 11) is 0. The molecular weight excluding hydrogens is 284 g/mol. The molecule has 0 bridgehead atoms. The normalized spacial score (nSPS) is 10.7. The second-order valence-electron chi connectivity index (χ2n) is 4.67. The molecule has 2 aromatic carbocycles. The van der Waals surface area contributed by atoms with Crippen molar-refractivity contribution in [2.75, 3.05) is 0 Å². The van der Waals surface area contributed by atoms with Crippen LogP contribution < -0.4 is 5.43 Å². The predicted molar refractivity (Wildman–Crippen MR) is 86.6 cm³/mol. The second-order valence-corrected chi connectivity index (χ2v) is 5.11. The summed E-state index contributed by atoms with van der Waals surface area (Å²) in [5.74, 6) is -0.131. The SMILES string of the molecule is O=C(Cc1ccc(Cl)cc1)NN=CCCc1ccccc1. The van der Waals surface area contributed by atoms with Gasteiger partial charge in [-0.2, -0.15) is 5.10 Å². The molecule has 0 saturated carbocycles. The average molecular weight is 301 g/mol. The average Bonchev–Trinajstić information content (AvgIpc) is 2.50. The summed E-state index contributed by atoms with van der Waals surface area (Å²) in [5.41, 5.74) is 4.70. The minimum absolute atomic E-state index is 0.131. The quantitative estimate of drug-likeness (QED) is 0.642. The molecule has 0 fully saturated rings. The summed E-state index contributed by atoms with van der Waals surface area (Å²) >= 11 is 5.79.